The number of rotatable bonds is 9. The van der Waals surface area contributed by atoms with Gasteiger partial charge in [-0.3, -0.25) is 4.90 Å². The molecule has 1 aromatic carbocycles. The van der Waals surface area contributed by atoms with Crippen LogP contribution in [0.2, 0.25) is 0 Å². The lowest BCUT2D eigenvalue weighted by molar-refractivity contribution is -0.0141. The third-order valence-corrected chi connectivity index (χ3v) is 8.56. The molecule has 0 spiro atoms. The van der Waals surface area contributed by atoms with E-state index < -0.39 is 29.6 Å². The lowest BCUT2D eigenvalue weighted by Gasteiger charge is -2.43. The van der Waals surface area contributed by atoms with Gasteiger partial charge in [-0.25, -0.2) is 19.0 Å². The monoisotopic (exact) mass is 667 g/mol. The number of nitrogens with zero attached hydrogens (tertiary/aromatic N) is 5. The van der Waals surface area contributed by atoms with Crippen LogP contribution in [0.4, 0.5) is 31.3 Å². The van der Waals surface area contributed by atoms with Gasteiger partial charge in [-0.05, 0) is 89.3 Å². The molecular weight excluding hydrogens is 613 g/mol. The fraction of sp³-hybridized carbons (Fsp3) is 0.611. The van der Waals surface area contributed by atoms with Crippen LogP contribution in [0, 0.1) is 11.3 Å². The standard InChI is InChI=1S/C36H54FN7O4/c1-23(2)26-20-40-44-30(43(33(46)48-35(6,7)8)21-24-12-11-13-25(38)18-24)19-29(41-31(26)44)39-16-15-36(9,10)27-14-17-42(22-28(27)37)32(45)47-34(3,4)5/h11-13,18-20,23,27-28H,14-17,21-22,38H2,1-10H3,(H,39,41)/t27-,28-/m0/s1. The average Bonchev–Trinajstić information content (AvgIpc) is 3.38. The van der Waals surface area contributed by atoms with Crippen molar-refractivity contribution in [3.63, 3.8) is 0 Å². The molecule has 1 aliphatic heterocycles. The second-order valence-electron chi connectivity index (χ2n) is 15.8. The number of hydrogen-bond donors (Lipinski definition) is 2. The summed E-state index contributed by atoms with van der Waals surface area (Å²) in [6.07, 6.45) is 0.807. The lowest BCUT2D eigenvalue weighted by atomic mass is 9.71. The summed E-state index contributed by atoms with van der Waals surface area (Å²) in [7, 11) is 0. The van der Waals surface area contributed by atoms with Crippen molar-refractivity contribution in [2.24, 2.45) is 11.3 Å². The molecule has 3 aromatic rings. The molecule has 2 atom stereocenters. The maximum Gasteiger partial charge on any atom is 0.416 e. The highest BCUT2D eigenvalue weighted by Gasteiger charge is 2.41. The van der Waals surface area contributed by atoms with Crippen LogP contribution in [-0.2, 0) is 16.0 Å². The van der Waals surface area contributed by atoms with Gasteiger partial charge in [0.25, 0.3) is 0 Å². The Labute approximate surface area is 284 Å². The van der Waals surface area contributed by atoms with E-state index in [9.17, 15) is 9.59 Å². The number of nitrogens with two attached hydrogens (primary N) is 1. The molecule has 1 saturated heterocycles. The number of fused-ring (bicyclic) bond motifs is 1. The largest absolute Gasteiger partial charge is 0.444 e. The Morgan fingerprint density at radius 3 is 2.38 bits per heavy atom. The maximum atomic E-state index is 15.6. The molecule has 0 radical (unpaired) electrons. The van der Waals surface area contributed by atoms with E-state index in [0.29, 0.717) is 48.9 Å². The summed E-state index contributed by atoms with van der Waals surface area (Å²) >= 11 is 0. The highest BCUT2D eigenvalue weighted by molar-refractivity contribution is 5.88. The molecule has 0 bridgehead atoms. The maximum absolute atomic E-state index is 15.6. The van der Waals surface area contributed by atoms with E-state index in [1.807, 2.05) is 59.7 Å². The SMILES string of the molecule is CC(C)c1cnn2c(N(Cc3cccc(N)c3)C(=O)OC(C)(C)C)cc(NCCC(C)(C)[C@H]3CCN(C(=O)OC(C)(C)C)C[C@@H]3F)nc12. The zero-order chi connectivity index (χ0) is 35.6. The van der Waals surface area contributed by atoms with Crippen molar-refractivity contribution in [1.82, 2.24) is 19.5 Å². The molecule has 1 fully saturated rings. The number of aromatic nitrogens is 3. The minimum absolute atomic E-state index is 0.0186. The van der Waals surface area contributed by atoms with Gasteiger partial charge in [0.2, 0.25) is 0 Å². The van der Waals surface area contributed by atoms with Gasteiger partial charge < -0.3 is 25.4 Å². The van der Waals surface area contributed by atoms with Crippen LogP contribution in [0.3, 0.4) is 0 Å². The van der Waals surface area contributed by atoms with Crippen LogP contribution in [0.5, 0.6) is 0 Å². The van der Waals surface area contributed by atoms with E-state index in [-0.39, 0.29) is 30.3 Å². The highest BCUT2D eigenvalue weighted by Crippen LogP contribution is 2.40. The molecule has 3 heterocycles. The quantitative estimate of drug-likeness (QED) is 0.221. The first-order chi connectivity index (χ1) is 22.2. The molecule has 1 aliphatic rings. The van der Waals surface area contributed by atoms with Crippen LogP contribution in [0.25, 0.3) is 5.65 Å². The fourth-order valence-corrected chi connectivity index (χ4v) is 6.06. The van der Waals surface area contributed by atoms with E-state index >= 15 is 4.39 Å². The zero-order valence-corrected chi connectivity index (χ0v) is 30.3. The first-order valence-corrected chi connectivity index (χ1v) is 16.8. The molecule has 2 aromatic heterocycles. The average molecular weight is 668 g/mol. The van der Waals surface area contributed by atoms with Gasteiger partial charge in [0.05, 0.1) is 19.3 Å². The molecule has 2 amide bonds. The fourth-order valence-electron chi connectivity index (χ4n) is 6.06. The number of amides is 2. The minimum Gasteiger partial charge on any atom is -0.444 e. The van der Waals surface area contributed by atoms with Crippen LogP contribution < -0.4 is 16.0 Å². The van der Waals surface area contributed by atoms with E-state index in [4.69, 9.17) is 20.2 Å². The molecule has 11 nitrogen and oxygen atoms in total. The van der Waals surface area contributed by atoms with Gasteiger partial charge in [-0.1, -0.05) is 39.8 Å². The Kier molecular flexibility index (Phi) is 10.9. The van der Waals surface area contributed by atoms with Gasteiger partial charge in [0.1, 0.15) is 29.0 Å². The summed E-state index contributed by atoms with van der Waals surface area (Å²) in [4.78, 5) is 34.3. The number of benzene rings is 1. The zero-order valence-electron chi connectivity index (χ0n) is 30.3. The van der Waals surface area contributed by atoms with E-state index in [1.165, 1.54) is 4.90 Å². The van der Waals surface area contributed by atoms with Crippen LogP contribution >= 0.6 is 0 Å². The number of ether oxygens (including phenoxy) is 2. The smallest absolute Gasteiger partial charge is 0.416 e. The molecule has 0 unspecified atom stereocenters. The van der Waals surface area contributed by atoms with Crippen molar-refractivity contribution in [2.75, 3.05) is 35.6 Å². The number of hydrogen-bond acceptors (Lipinski definition) is 8. The first-order valence-electron chi connectivity index (χ1n) is 16.8. The summed E-state index contributed by atoms with van der Waals surface area (Å²) in [5.74, 6) is 0.957. The van der Waals surface area contributed by atoms with Crippen molar-refractivity contribution in [1.29, 1.82) is 0 Å². The second kappa shape index (κ2) is 14.2. The summed E-state index contributed by atoms with van der Waals surface area (Å²) in [6.45, 7) is 20.4. The van der Waals surface area contributed by atoms with Crippen molar-refractivity contribution >= 4 is 35.2 Å². The van der Waals surface area contributed by atoms with Crippen LogP contribution in [-0.4, -0.2) is 68.7 Å². The number of alkyl halides is 1. The number of likely N-dealkylation sites (tertiary alicyclic amines) is 1. The minimum atomic E-state index is -1.17. The number of carbonyl (C=O) groups is 2. The summed E-state index contributed by atoms with van der Waals surface area (Å²) < 4.78 is 28.6. The third kappa shape index (κ3) is 9.29. The second-order valence-corrected chi connectivity index (χ2v) is 15.8. The Morgan fingerprint density at radius 1 is 1.08 bits per heavy atom. The Balaban J connectivity index is 1.58. The van der Waals surface area contributed by atoms with Crippen molar-refractivity contribution in [3.8, 4) is 0 Å². The Hall–Kier alpha value is -4.09. The molecule has 12 heteroatoms. The van der Waals surface area contributed by atoms with E-state index in [0.717, 1.165) is 11.1 Å². The molecule has 4 rings (SSSR count). The van der Waals surface area contributed by atoms with Crippen molar-refractivity contribution in [3.05, 3.63) is 47.7 Å². The third-order valence-electron chi connectivity index (χ3n) is 8.56. The van der Waals surface area contributed by atoms with E-state index in [1.54, 1.807) is 27.7 Å². The topological polar surface area (TPSA) is 127 Å². The number of halogens is 1. The van der Waals surface area contributed by atoms with Gasteiger partial charge in [-0.2, -0.15) is 9.61 Å². The van der Waals surface area contributed by atoms with E-state index in [2.05, 4.69) is 38.1 Å². The molecule has 3 N–H and O–H groups in total. The van der Waals surface area contributed by atoms with Crippen molar-refractivity contribution in [2.45, 2.75) is 112 Å². The summed E-state index contributed by atoms with van der Waals surface area (Å²) in [5.41, 5.74) is 7.34. The molecular formula is C36H54FN7O4. The predicted octanol–water partition coefficient (Wildman–Crippen LogP) is 7.80. The molecule has 0 aliphatic carbocycles. The van der Waals surface area contributed by atoms with Crippen LogP contribution in [0.15, 0.2) is 36.5 Å². The number of carbonyl (C=O) groups excluding carboxylic acids is 2. The van der Waals surface area contributed by atoms with Crippen molar-refractivity contribution < 1.29 is 23.5 Å². The van der Waals surface area contributed by atoms with Crippen LogP contribution in [0.1, 0.15) is 99.1 Å². The number of nitrogens with one attached hydrogen (secondary N) is 1. The predicted molar refractivity (Wildman–Crippen MR) is 188 cm³/mol. The van der Waals surface area contributed by atoms with Gasteiger partial charge in [0, 0.05) is 30.4 Å². The number of piperidine rings is 1. The van der Waals surface area contributed by atoms with Gasteiger partial charge >= 0.3 is 12.2 Å². The Bertz CT molecular complexity index is 1590. The molecule has 0 saturated carbocycles. The molecule has 264 valence electrons. The highest BCUT2D eigenvalue weighted by atomic mass is 19.1. The number of nitrogen functional groups attached to an aromatic ring is 1. The number of anilines is 3. The normalized spacial score (nSPS) is 17.5. The summed E-state index contributed by atoms with van der Waals surface area (Å²) in [5, 5.41) is 8.09. The van der Waals surface area contributed by atoms with Gasteiger partial charge in [-0.15, -0.1) is 0 Å². The Morgan fingerprint density at radius 2 is 1.77 bits per heavy atom. The molecule has 48 heavy (non-hydrogen) atoms. The lowest BCUT2D eigenvalue weighted by Crippen LogP contribution is -2.50. The van der Waals surface area contributed by atoms with Gasteiger partial charge in [0.15, 0.2) is 5.65 Å². The first kappa shape index (κ1) is 36.7. The summed E-state index contributed by atoms with van der Waals surface area (Å²) in [6, 6.07) is 9.18.